The minimum absolute atomic E-state index is 0.0807. The third-order valence-electron chi connectivity index (χ3n) is 2.42. The van der Waals surface area contributed by atoms with Crippen LogP contribution in [0.3, 0.4) is 0 Å². The average Bonchev–Trinajstić information content (AvgIpc) is 2.25. The van der Waals surface area contributed by atoms with Gasteiger partial charge in [-0.25, -0.2) is 0 Å². The number of ether oxygens (including phenoxy) is 1. The summed E-state index contributed by atoms with van der Waals surface area (Å²) in [5, 5.41) is 12.5. The topological polar surface area (TPSA) is 41.5 Å². The molecule has 1 rings (SSSR count). The largest absolute Gasteiger partial charge is 0.497 e. The molecule has 0 saturated carbocycles. The first-order valence-corrected chi connectivity index (χ1v) is 5.18. The predicted octanol–water partition coefficient (Wildman–Crippen LogP) is 2.12. The van der Waals surface area contributed by atoms with Gasteiger partial charge in [-0.1, -0.05) is 19.9 Å². The summed E-state index contributed by atoms with van der Waals surface area (Å²) < 4.78 is 5.13. The third kappa shape index (κ3) is 3.44. The van der Waals surface area contributed by atoms with Crippen LogP contribution in [0, 0.1) is 5.92 Å². The van der Waals surface area contributed by atoms with Crippen LogP contribution >= 0.6 is 0 Å². The zero-order valence-corrected chi connectivity index (χ0v) is 9.53. The maximum atomic E-state index is 9.19. The molecule has 0 amide bonds. The van der Waals surface area contributed by atoms with Crippen LogP contribution in [0.4, 0.5) is 5.69 Å². The lowest BCUT2D eigenvalue weighted by Crippen LogP contribution is -2.29. The van der Waals surface area contributed by atoms with Crippen molar-refractivity contribution in [1.29, 1.82) is 0 Å². The molecule has 3 nitrogen and oxygen atoms in total. The molecule has 0 saturated heterocycles. The number of methoxy groups -OCH3 is 1. The maximum Gasteiger partial charge on any atom is 0.120 e. The molecule has 1 unspecified atom stereocenters. The van der Waals surface area contributed by atoms with E-state index < -0.39 is 0 Å². The Kier molecular flexibility index (Phi) is 4.43. The summed E-state index contributed by atoms with van der Waals surface area (Å²) in [4.78, 5) is 0. The zero-order chi connectivity index (χ0) is 11.3. The number of aliphatic hydroxyl groups excluding tert-OH is 1. The summed E-state index contributed by atoms with van der Waals surface area (Å²) in [5.41, 5.74) is 0.974. The normalized spacial score (nSPS) is 12.6. The van der Waals surface area contributed by atoms with Crippen molar-refractivity contribution in [3.63, 3.8) is 0 Å². The van der Waals surface area contributed by atoms with Gasteiger partial charge >= 0.3 is 0 Å². The fourth-order valence-electron chi connectivity index (χ4n) is 1.35. The predicted molar refractivity (Wildman–Crippen MR) is 62.3 cm³/mol. The number of nitrogens with one attached hydrogen (secondary N) is 1. The number of anilines is 1. The second-order valence-corrected chi connectivity index (χ2v) is 3.91. The average molecular weight is 209 g/mol. The van der Waals surface area contributed by atoms with E-state index in [1.807, 2.05) is 24.3 Å². The molecule has 0 aliphatic rings. The van der Waals surface area contributed by atoms with Crippen molar-refractivity contribution in [1.82, 2.24) is 0 Å². The van der Waals surface area contributed by atoms with E-state index in [1.54, 1.807) is 7.11 Å². The SMILES string of the molecule is COc1cccc(NC(CO)C(C)C)c1. The van der Waals surface area contributed by atoms with Crippen LogP contribution in [-0.4, -0.2) is 24.9 Å². The number of hydrogen-bond donors (Lipinski definition) is 2. The highest BCUT2D eigenvalue weighted by Gasteiger charge is 2.11. The summed E-state index contributed by atoms with van der Waals surface area (Å²) in [5.74, 6) is 1.21. The molecule has 1 aromatic rings. The van der Waals surface area contributed by atoms with E-state index >= 15 is 0 Å². The molecule has 84 valence electrons. The minimum atomic E-state index is 0.0807. The molecule has 15 heavy (non-hydrogen) atoms. The van der Waals surface area contributed by atoms with Gasteiger partial charge in [0.25, 0.3) is 0 Å². The molecule has 1 atom stereocenters. The second kappa shape index (κ2) is 5.61. The van der Waals surface area contributed by atoms with Crippen LogP contribution in [0.2, 0.25) is 0 Å². The van der Waals surface area contributed by atoms with Gasteiger partial charge in [0.05, 0.1) is 19.8 Å². The van der Waals surface area contributed by atoms with Crippen LogP contribution in [0.25, 0.3) is 0 Å². The Balaban J connectivity index is 2.70. The van der Waals surface area contributed by atoms with Crippen LogP contribution in [-0.2, 0) is 0 Å². The summed E-state index contributed by atoms with van der Waals surface area (Å²) in [6.45, 7) is 4.29. The Morgan fingerprint density at radius 1 is 1.40 bits per heavy atom. The van der Waals surface area contributed by atoms with E-state index in [2.05, 4.69) is 19.2 Å². The number of hydrogen-bond acceptors (Lipinski definition) is 3. The third-order valence-corrected chi connectivity index (χ3v) is 2.42. The van der Waals surface area contributed by atoms with Crippen molar-refractivity contribution in [2.75, 3.05) is 19.0 Å². The monoisotopic (exact) mass is 209 g/mol. The van der Waals surface area contributed by atoms with Crippen molar-refractivity contribution in [3.05, 3.63) is 24.3 Å². The highest BCUT2D eigenvalue weighted by molar-refractivity contribution is 5.48. The summed E-state index contributed by atoms with van der Waals surface area (Å²) in [7, 11) is 1.64. The Morgan fingerprint density at radius 3 is 2.67 bits per heavy atom. The molecule has 0 heterocycles. The summed E-state index contributed by atoms with van der Waals surface area (Å²) >= 11 is 0. The van der Waals surface area contributed by atoms with E-state index in [0.29, 0.717) is 5.92 Å². The highest BCUT2D eigenvalue weighted by atomic mass is 16.5. The van der Waals surface area contributed by atoms with E-state index in [0.717, 1.165) is 11.4 Å². The van der Waals surface area contributed by atoms with Gasteiger partial charge in [0.15, 0.2) is 0 Å². The summed E-state index contributed by atoms with van der Waals surface area (Å²) in [6, 6.07) is 7.79. The van der Waals surface area contributed by atoms with Crippen molar-refractivity contribution < 1.29 is 9.84 Å². The van der Waals surface area contributed by atoms with Crippen LogP contribution in [0.1, 0.15) is 13.8 Å². The molecule has 3 heteroatoms. The summed E-state index contributed by atoms with van der Waals surface area (Å²) in [6.07, 6.45) is 0. The Hall–Kier alpha value is -1.22. The van der Waals surface area contributed by atoms with Crippen molar-refractivity contribution in [2.45, 2.75) is 19.9 Å². The number of benzene rings is 1. The molecule has 0 aliphatic carbocycles. The second-order valence-electron chi connectivity index (χ2n) is 3.91. The van der Waals surface area contributed by atoms with Gasteiger partial charge in [-0.3, -0.25) is 0 Å². The quantitative estimate of drug-likeness (QED) is 0.780. The molecule has 0 aliphatic heterocycles. The van der Waals surface area contributed by atoms with Gasteiger partial charge in [0, 0.05) is 11.8 Å². The lowest BCUT2D eigenvalue weighted by atomic mass is 10.1. The first-order chi connectivity index (χ1) is 7.17. The van der Waals surface area contributed by atoms with Gasteiger partial charge in [0.1, 0.15) is 5.75 Å². The highest BCUT2D eigenvalue weighted by Crippen LogP contribution is 2.18. The molecule has 0 aromatic heterocycles. The van der Waals surface area contributed by atoms with Gasteiger partial charge in [-0.15, -0.1) is 0 Å². The van der Waals surface area contributed by atoms with Crippen molar-refractivity contribution in [3.8, 4) is 5.75 Å². The smallest absolute Gasteiger partial charge is 0.120 e. The van der Waals surface area contributed by atoms with Gasteiger partial charge < -0.3 is 15.2 Å². The molecular formula is C12H19NO2. The van der Waals surface area contributed by atoms with Crippen molar-refractivity contribution >= 4 is 5.69 Å². The van der Waals surface area contributed by atoms with E-state index in [9.17, 15) is 5.11 Å². The van der Waals surface area contributed by atoms with Crippen LogP contribution in [0.15, 0.2) is 24.3 Å². The van der Waals surface area contributed by atoms with E-state index in [4.69, 9.17) is 4.74 Å². The molecule has 2 N–H and O–H groups in total. The number of aliphatic hydroxyl groups is 1. The first-order valence-electron chi connectivity index (χ1n) is 5.18. The Labute approximate surface area is 91.1 Å². The fraction of sp³-hybridized carbons (Fsp3) is 0.500. The van der Waals surface area contributed by atoms with Gasteiger partial charge in [-0.2, -0.15) is 0 Å². The molecule has 0 fully saturated rings. The lowest BCUT2D eigenvalue weighted by molar-refractivity contribution is 0.249. The standard InChI is InChI=1S/C12H19NO2/c1-9(2)12(8-14)13-10-5-4-6-11(7-10)15-3/h4-7,9,12-14H,8H2,1-3H3. The number of rotatable bonds is 5. The van der Waals surface area contributed by atoms with Crippen LogP contribution in [0.5, 0.6) is 5.75 Å². The molecule has 0 spiro atoms. The first kappa shape index (κ1) is 11.9. The lowest BCUT2D eigenvalue weighted by Gasteiger charge is -2.21. The van der Waals surface area contributed by atoms with Gasteiger partial charge in [0.2, 0.25) is 0 Å². The molecule has 0 bridgehead atoms. The molecular weight excluding hydrogens is 190 g/mol. The molecule has 1 aromatic carbocycles. The van der Waals surface area contributed by atoms with Crippen LogP contribution < -0.4 is 10.1 Å². The van der Waals surface area contributed by atoms with E-state index in [1.165, 1.54) is 0 Å². The van der Waals surface area contributed by atoms with Crippen molar-refractivity contribution in [2.24, 2.45) is 5.92 Å². The van der Waals surface area contributed by atoms with Gasteiger partial charge in [-0.05, 0) is 18.1 Å². The van der Waals surface area contributed by atoms with E-state index in [-0.39, 0.29) is 12.6 Å². The maximum absolute atomic E-state index is 9.19. The minimum Gasteiger partial charge on any atom is -0.497 e. The fourth-order valence-corrected chi connectivity index (χ4v) is 1.35. The Morgan fingerprint density at radius 2 is 2.13 bits per heavy atom. The Bertz CT molecular complexity index is 299. The zero-order valence-electron chi connectivity index (χ0n) is 9.53. The molecule has 0 radical (unpaired) electrons.